The second-order valence-electron chi connectivity index (χ2n) is 9.91. The molecule has 4 aromatic rings. The zero-order valence-electron chi connectivity index (χ0n) is 25.3. The molecule has 0 aliphatic carbocycles. The van der Waals surface area contributed by atoms with Gasteiger partial charge in [0.1, 0.15) is 29.1 Å². The smallest absolute Gasteiger partial charge is 0.339 e. The molecule has 12 heteroatoms. The van der Waals surface area contributed by atoms with Crippen molar-refractivity contribution < 1.29 is 33.0 Å². The highest BCUT2D eigenvalue weighted by Crippen LogP contribution is 2.39. The van der Waals surface area contributed by atoms with Gasteiger partial charge in [0.15, 0.2) is 4.80 Å². The number of esters is 2. The van der Waals surface area contributed by atoms with Crippen molar-refractivity contribution in [2.75, 3.05) is 27.9 Å². The third-order valence-corrected chi connectivity index (χ3v) is 8.49. The monoisotopic (exact) mass is 650 g/mol. The number of ether oxygens (including phenoxy) is 4. The fraction of sp³-hybridized carbons (Fsp3) is 0.273. The van der Waals surface area contributed by atoms with Crippen LogP contribution in [0.25, 0.3) is 17.4 Å². The lowest BCUT2D eigenvalue weighted by Crippen LogP contribution is -2.40. The van der Waals surface area contributed by atoms with Gasteiger partial charge in [-0.15, -0.1) is 0 Å². The molecule has 10 nitrogen and oxygen atoms in total. The van der Waals surface area contributed by atoms with Gasteiger partial charge >= 0.3 is 11.9 Å². The Morgan fingerprint density at radius 3 is 2.53 bits per heavy atom. The van der Waals surface area contributed by atoms with Gasteiger partial charge < -0.3 is 23.4 Å². The second kappa shape index (κ2) is 13.6. The largest absolute Gasteiger partial charge is 0.497 e. The fourth-order valence-corrected chi connectivity index (χ4v) is 6.32. The van der Waals surface area contributed by atoms with Crippen LogP contribution in [-0.2, 0) is 14.3 Å². The number of allylic oxidation sites excluding steroid dienone is 1. The summed E-state index contributed by atoms with van der Waals surface area (Å²) >= 11 is 7.36. The minimum atomic E-state index is -0.882. The van der Waals surface area contributed by atoms with Crippen LogP contribution in [-0.4, -0.2) is 44.4 Å². The number of furan rings is 1. The summed E-state index contributed by atoms with van der Waals surface area (Å²) < 4.78 is 29.4. The van der Waals surface area contributed by atoms with Crippen LogP contribution in [0.15, 0.2) is 74.0 Å². The standard InChI is InChI=1S/C33H31ClN2O8S/c1-6-8-24-28(32(39)43-7-2)29(22-16-19(40-3)10-14-26(22)41-4)36-30(37)27(45-33(36)35-24)17-20-11-13-25(44-20)18-9-12-23(34)21(15-18)31(38)42-5/h9-17,29H,6-8H2,1-5H3/b27-17-/t29-/m0/s1. The summed E-state index contributed by atoms with van der Waals surface area (Å²) in [5.74, 6) is 0.745. The zero-order valence-corrected chi connectivity index (χ0v) is 26.9. The van der Waals surface area contributed by atoms with Crippen LogP contribution in [0.3, 0.4) is 0 Å². The summed E-state index contributed by atoms with van der Waals surface area (Å²) in [6.45, 7) is 3.88. The highest BCUT2D eigenvalue weighted by molar-refractivity contribution is 7.07. The van der Waals surface area contributed by atoms with Crippen molar-refractivity contribution in [1.29, 1.82) is 0 Å². The molecule has 0 N–H and O–H groups in total. The van der Waals surface area contributed by atoms with E-state index in [4.69, 9.17) is 40.0 Å². The van der Waals surface area contributed by atoms with Crippen LogP contribution < -0.4 is 24.4 Å². The van der Waals surface area contributed by atoms with Crippen molar-refractivity contribution in [3.63, 3.8) is 0 Å². The van der Waals surface area contributed by atoms with Gasteiger partial charge in [-0.1, -0.05) is 36.3 Å². The number of rotatable bonds is 10. The van der Waals surface area contributed by atoms with Crippen LogP contribution in [0.2, 0.25) is 5.02 Å². The highest BCUT2D eigenvalue weighted by atomic mass is 35.5. The summed E-state index contributed by atoms with van der Waals surface area (Å²) in [4.78, 5) is 45.0. The summed E-state index contributed by atoms with van der Waals surface area (Å²) in [5.41, 5.74) is 1.81. The SMILES string of the molecule is CCCC1=C(C(=O)OCC)[C@H](c2cc(OC)ccc2OC)n2c(s/c(=C\c3ccc(-c4ccc(Cl)c(C(=O)OC)c4)o3)c2=O)=N1. The van der Waals surface area contributed by atoms with E-state index in [1.165, 1.54) is 30.1 Å². The Hall–Kier alpha value is -4.61. The Morgan fingerprint density at radius 1 is 1.04 bits per heavy atom. The van der Waals surface area contributed by atoms with E-state index in [0.717, 1.165) is 6.42 Å². The molecule has 0 unspecified atom stereocenters. The van der Waals surface area contributed by atoms with Crippen molar-refractivity contribution in [1.82, 2.24) is 4.57 Å². The molecular weight excluding hydrogens is 620 g/mol. The Bertz CT molecular complexity index is 1990. The molecular formula is C33H31ClN2O8S. The van der Waals surface area contributed by atoms with Crippen molar-refractivity contribution in [2.24, 2.45) is 4.99 Å². The number of carbonyl (C=O) groups excluding carboxylic acids is 2. The Morgan fingerprint density at radius 2 is 1.84 bits per heavy atom. The lowest BCUT2D eigenvalue weighted by molar-refractivity contribution is -0.139. The number of nitrogens with zero attached hydrogens (tertiary/aromatic N) is 2. The average Bonchev–Trinajstić information content (AvgIpc) is 3.64. The molecule has 2 aromatic heterocycles. The second-order valence-corrected chi connectivity index (χ2v) is 11.3. The van der Waals surface area contributed by atoms with Crippen LogP contribution in [0, 0.1) is 0 Å². The Kier molecular flexibility index (Phi) is 9.60. The van der Waals surface area contributed by atoms with E-state index in [0.29, 0.717) is 55.6 Å². The minimum absolute atomic E-state index is 0.156. The first-order valence-electron chi connectivity index (χ1n) is 14.2. The van der Waals surface area contributed by atoms with Crippen molar-refractivity contribution in [3.05, 3.63) is 101 Å². The topological polar surface area (TPSA) is 119 Å². The highest BCUT2D eigenvalue weighted by Gasteiger charge is 2.36. The van der Waals surface area contributed by atoms with Gasteiger partial charge in [0.2, 0.25) is 0 Å². The quantitative estimate of drug-likeness (QED) is 0.212. The molecule has 3 heterocycles. The van der Waals surface area contributed by atoms with Gasteiger partial charge in [0, 0.05) is 17.2 Å². The number of hydrogen-bond acceptors (Lipinski definition) is 10. The molecule has 0 saturated heterocycles. The van der Waals surface area contributed by atoms with E-state index >= 15 is 0 Å². The normalized spacial score (nSPS) is 14.5. The predicted octanol–water partition coefficient (Wildman–Crippen LogP) is 5.30. The van der Waals surface area contributed by atoms with Crippen LogP contribution in [0.5, 0.6) is 11.5 Å². The first-order valence-corrected chi connectivity index (χ1v) is 15.4. The molecule has 0 radical (unpaired) electrons. The molecule has 1 aliphatic rings. The first kappa shape index (κ1) is 31.8. The van der Waals surface area contributed by atoms with Gasteiger partial charge in [-0.05, 0) is 61.9 Å². The van der Waals surface area contributed by atoms with E-state index in [1.807, 2.05) is 6.92 Å². The fourth-order valence-electron chi connectivity index (χ4n) is 5.13. The molecule has 0 fully saturated rings. The summed E-state index contributed by atoms with van der Waals surface area (Å²) in [7, 11) is 4.35. The molecule has 0 bridgehead atoms. The zero-order chi connectivity index (χ0) is 32.2. The van der Waals surface area contributed by atoms with Gasteiger partial charge in [-0.3, -0.25) is 9.36 Å². The molecule has 234 valence electrons. The number of fused-ring (bicyclic) bond motifs is 1. The van der Waals surface area contributed by atoms with Crippen molar-refractivity contribution >= 4 is 41.0 Å². The van der Waals surface area contributed by atoms with Crippen LogP contribution in [0.4, 0.5) is 0 Å². The third kappa shape index (κ3) is 6.18. The van der Waals surface area contributed by atoms with Crippen LogP contribution >= 0.6 is 22.9 Å². The van der Waals surface area contributed by atoms with Crippen molar-refractivity contribution in [3.8, 4) is 22.8 Å². The molecule has 1 aliphatic heterocycles. The molecule has 5 rings (SSSR count). The number of benzene rings is 2. The third-order valence-electron chi connectivity index (χ3n) is 7.18. The number of hydrogen-bond donors (Lipinski definition) is 0. The van der Waals surface area contributed by atoms with Gasteiger partial charge in [-0.25, -0.2) is 14.6 Å². The summed E-state index contributed by atoms with van der Waals surface area (Å²) in [6.07, 6.45) is 2.84. The number of methoxy groups -OCH3 is 3. The lowest BCUT2D eigenvalue weighted by atomic mass is 9.93. The van der Waals surface area contributed by atoms with E-state index < -0.39 is 18.0 Å². The maximum absolute atomic E-state index is 14.1. The van der Waals surface area contributed by atoms with E-state index in [-0.39, 0.29) is 28.3 Å². The van der Waals surface area contributed by atoms with Crippen molar-refractivity contribution in [2.45, 2.75) is 32.7 Å². The Balaban J connectivity index is 1.68. The number of halogens is 1. The molecule has 2 aromatic carbocycles. The Labute approximate surface area is 267 Å². The molecule has 45 heavy (non-hydrogen) atoms. The first-order chi connectivity index (χ1) is 21.7. The minimum Gasteiger partial charge on any atom is -0.497 e. The van der Waals surface area contributed by atoms with E-state index in [2.05, 4.69) is 0 Å². The predicted molar refractivity (Wildman–Crippen MR) is 170 cm³/mol. The number of thiazole rings is 1. The van der Waals surface area contributed by atoms with Gasteiger partial charge in [0.05, 0.1) is 54.3 Å². The molecule has 0 saturated carbocycles. The van der Waals surface area contributed by atoms with E-state index in [1.54, 1.807) is 68.6 Å². The van der Waals surface area contributed by atoms with Gasteiger partial charge in [-0.2, -0.15) is 0 Å². The lowest BCUT2D eigenvalue weighted by Gasteiger charge is -2.27. The number of carbonyl (C=O) groups is 2. The summed E-state index contributed by atoms with van der Waals surface area (Å²) in [6, 6.07) is 12.7. The molecule has 0 amide bonds. The molecule has 1 atom stereocenters. The maximum atomic E-state index is 14.1. The molecule has 0 spiro atoms. The maximum Gasteiger partial charge on any atom is 0.339 e. The average molecular weight is 651 g/mol. The van der Waals surface area contributed by atoms with Crippen LogP contribution in [0.1, 0.15) is 54.4 Å². The van der Waals surface area contributed by atoms with Gasteiger partial charge in [0.25, 0.3) is 5.56 Å². The van der Waals surface area contributed by atoms with E-state index in [9.17, 15) is 14.4 Å². The summed E-state index contributed by atoms with van der Waals surface area (Å²) in [5, 5.41) is 0.255. The number of aromatic nitrogens is 1.